The van der Waals surface area contributed by atoms with E-state index in [4.69, 9.17) is 5.11 Å². The molecule has 2 rings (SSSR count). The highest BCUT2D eigenvalue weighted by atomic mass is 16.3. The van der Waals surface area contributed by atoms with Gasteiger partial charge in [0.25, 0.3) is 0 Å². The Labute approximate surface area is 123 Å². The largest absolute Gasteiger partial charge is 0.396 e. The summed E-state index contributed by atoms with van der Waals surface area (Å²) in [6, 6.07) is 1.28. The van der Waals surface area contributed by atoms with Crippen LogP contribution in [0.15, 0.2) is 0 Å². The number of hydrogen-bond donors (Lipinski definition) is 3. The summed E-state index contributed by atoms with van der Waals surface area (Å²) < 4.78 is 0. The predicted octanol–water partition coefficient (Wildman–Crippen LogP) is 1.36. The monoisotopic (exact) mass is 284 g/mol. The van der Waals surface area contributed by atoms with Crippen molar-refractivity contribution in [2.75, 3.05) is 32.8 Å². The zero-order valence-corrected chi connectivity index (χ0v) is 12.8. The molecule has 0 aromatic heterocycles. The van der Waals surface area contributed by atoms with Gasteiger partial charge in [0, 0.05) is 38.3 Å². The molecule has 0 aromatic rings. The van der Waals surface area contributed by atoms with Gasteiger partial charge in [0.2, 0.25) is 0 Å². The molecule has 0 spiro atoms. The number of β-amino-alcohol motifs (C(OH)–C–C–N with tert-alkyl or cyclic N) is 1. The molecule has 0 aromatic carbocycles. The van der Waals surface area contributed by atoms with Crippen molar-refractivity contribution in [2.45, 2.75) is 63.5 Å². The highest BCUT2D eigenvalue weighted by molar-refractivity contribution is 4.86. The van der Waals surface area contributed by atoms with Crippen LogP contribution in [0.2, 0.25) is 0 Å². The van der Waals surface area contributed by atoms with Gasteiger partial charge in [-0.1, -0.05) is 19.3 Å². The maximum absolute atomic E-state index is 9.19. The van der Waals surface area contributed by atoms with Crippen LogP contribution in [-0.4, -0.2) is 60.0 Å². The third kappa shape index (κ3) is 5.32. The van der Waals surface area contributed by atoms with Gasteiger partial charge >= 0.3 is 0 Å². The normalized spacial score (nSPS) is 29.7. The minimum atomic E-state index is 0.253. The van der Waals surface area contributed by atoms with Crippen LogP contribution in [0.25, 0.3) is 0 Å². The Bertz CT molecular complexity index is 257. The molecule has 1 saturated carbocycles. The van der Waals surface area contributed by atoms with Gasteiger partial charge in [-0.25, -0.2) is 0 Å². The molecule has 1 heterocycles. The molecule has 0 bridgehead atoms. The summed E-state index contributed by atoms with van der Waals surface area (Å²) in [5.74, 6) is 0.670. The third-order valence-electron chi connectivity index (χ3n) is 4.88. The summed E-state index contributed by atoms with van der Waals surface area (Å²) in [5.41, 5.74) is 0. The summed E-state index contributed by atoms with van der Waals surface area (Å²) in [6.07, 6.45) is 10.1. The minimum absolute atomic E-state index is 0.253. The lowest BCUT2D eigenvalue weighted by Crippen LogP contribution is -2.52. The van der Waals surface area contributed by atoms with Gasteiger partial charge in [0.15, 0.2) is 0 Å². The van der Waals surface area contributed by atoms with Gasteiger partial charge in [-0.2, -0.15) is 0 Å². The Morgan fingerprint density at radius 1 is 0.950 bits per heavy atom. The molecule has 1 aliphatic carbocycles. The highest BCUT2D eigenvalue weighted by Gasteiger charge is 2.28. The zero-order valence-electron chi connectivity index (χ0n) is 12.8. The summed E-state index contributed by atoms with van der Waals surface area (Å²) in [7, 11) is 0. The molecule has 2 unspecified atom stereocenters. The second kappa shape index (κ2) is 8.98. The maximum Gasteiger partial charge on any atom is 0.0558 e. The third-order valence-corrected chi connectivity index (χ3v) is 4.88. The SMILES string of the molecule is OCCCC1CC(NC2CCCCC2)CN(CCO)C1. The predicted molar refractivity (Wildman–Crippen MR) is 81.7 cm³/mol. The number of rotatable bonds is 7. The lowest BCUT2D eigenvalue weighted by atomic mass is 9.88. The van der Waals surface area contributed by atoms with Gasteiger partial charge < -0.3 is 15.5 Å². The van der Waals surface area contributed by atoms with Crippen molar-refractivity contribution in [3.05, 3.63) is 0 Å². The van der Waals surface area contributed by atoms with Gasteiger partial charge in [-0.3, -0.25) is 4.90 Å². The van der Waals surface area contributed by atoms with Crippen molar-refractivity contribution in [1.29, 1.82) is 0 Å². The minimum Gasteiger partial charge on any atom is -0.396 e. The average molecular weight is 284 g/mol. The molecule has 0 radical (unpaired) electrons. The second-order valence-corrected chi connectivity index (χ2v) is 6.65. The Hall–Kier alpha value is -0.160. The highest BCUT2D eigenvalue weighted by Crippen LogP contribution is 2.24. The molecular formula is C16H32N2O2. The van der Waals surface area contributed by atoms with Crippen molar-refractivity contribution in [3.8, 4) is 0 Å². The molecule has 1 saturated heterocycles. The van der Waals surface area contributed by atoms with Crippen molar-refractivity contribution < 1.29 is 10.2 Å². The molecule has 0 amide bonds. The number of nitrogens with zero attached hydrogens (tertiary/aromatic N) is 1. The van der Waals surface area contributed by atoms with Crippen molar-refractivity contribution in [1.82, 2.24) is 10.2 Å². The first kappa shape index (κ1) is 16.2. The molecule has 20 heavy (non-hydrogen) atoms. The first-order valence-corrected chi connectivity index (χ1v) is 8.52. The Morgan fingerprint density at radius 3 is 2.45 bits per heavy atom. The lowest BCUT2D eigenvalue weighted by Gasteiger charge is -2.40. The second-order valence-electron chi connectivity index (χ2n) is 6.65. The molecule has 3 N–H and O–H groups in total. The van der Waals surface area contributed by atoms with Crippen molar-refractivity contribution >= 4 is 0 Å². The summed E-state index contributed by atoms with van der Waals surface area (Å²) in [4.78, 5) is 2.39. The Morgan fingerprint density at radius 2 is 1.75 bits per heavy atom. The van der Waals surface area contributed by atoms with E-state index in [0.717, 1.165) is 32.5 Å². The quantitative estimate of drug-likeness (QED) is 0.661. The summed E-state index contributed by atoms with van der Waals surface area (Å²) in [5, 5.41) is 22.1. The van der Waals surface area contributed by atoms with Crippen molar-refractivity contribution in [2.24, 2.45) is 5.92 Å². The number of piperidine rings is 1. The first-order chi connectivity index (χ1) is 9.81. The van der Waals surface area contributed by atoms with Gasteiger partial charge in [0.05, 0.1) is 6.61 Å². The van der Waals surface area contributed by atoms with Crippen LogP contribution in [0, 0.1) is 5.92 Å². The molecular weight excluding hydrogens is 252 g/mol. The number of aliphatic hydroxyl groups is 2. The van der Waals surface area contributed by atoms with E-state index in [9.17, 15) is 5.11 Å². The van der Waals surface area contributed by atoms with E-state index in [-0.39, 0.29) is 6.61 Å². The number of nitrogens with one attached hydrogen (secondary N) is 1. The van der Waals surface area contributed by atoms with Gasteiger partial charge in [-0.05, 0) is 38.0 Å². The maximum atomic E-state index is 9.19. The molecule has 4 heteroatoms. The zero-order chi connectivity index (χ0) is 14.2. The van der Waals surface area contributed by atoms with Crippen molar-refractivity contribution in [3.63, 3.8) is 0 Å². The molecule has 118 valence electrons. The van der Waals surface area contributed by atoms with E-state index in [2.05, 4.69) is 10.2 Å². The van der Waals surface area contributed by atoms with E-state index in [1.807, 2.05) is 0 Å². The standard InChI is InChI=1S/C16H32N2O2/c19-9-4-5-14-11-16(13-18(12-14)8-10-20)17-15-6-2-1-3-7-15/h14-17,19-20H,1-13H2. The lowest BCUT2D eigenvalue weighted by molar-refractivity contribution is 0.101. The van der Waals surface area contributed by atoms with Crippen LogP contribution >= 0.6 is 0 Å². The van der Waals surface area contributed by atoms with E-state index in [1.165, 1.54) is 38.5 Å². The van der Waals surface area contributed by atoms with Crippen LogP contribution in [-0.2, 0) is 0 Å². The van der Waals surface area contributed by atoms with E-state index in [1.54, 1.807) is 0 Å². The van der Waals surface area contributed by atoms with Crippen LogP contribution in [0.4, 0.5) is 0 Å². The summed E-state index contributed by atoms with van der Waals surface area (Å²) in [6.45, 7) is 3.51. The topological polar surface area (TPSA) is 55.7 Å². The molecule has 4 nitrogen and oxygen atoms in total. The molecule has 2 fully saturated rings. The Balaban J connectivity index is 1.81. The van der Waals surface area contributed by atoms with Crippen LogP contribution in [0.5, 0.6) is 0 Å². The van der Waals surface area contributed by atoms with E-state index < -0.39 is 0 Å². The van der Waals surface area contributed by atoms with E-state index >= 15 is 0 Å². The average Bonchev–Trinajstić information content (AvgIpc) is 2.46. The number of aliphatic hydroxyl groups excluding tert-OH is 2. The molecule has 1 aliphatic heterocycles. The fourth-order valence-electron chi connectivity index (χ4n) is 3.94. The number of hydrogen-bond acceptors (Lipinski definition) is 4. The smallest absolute Gasteiger partial charge is 0.0558 e. The fraction of sp³-hybridized carbons (Fsp3) is 1.00. The van der Waals surface area contributed by atoms with Gasteiger partial charge in [0.1, 0.15) is 0 Å². The van der Waals surface area contributed by atoms with Crippen LogP contribution in [0.3, 0.4) is 0 Å². The van der Waals surface area contributed by atoms with Crippen LogP contribution in [0.1, 0.15) is 51.4 Å². The van der Waals surface area contributed by atoms with Gasteiger partial charge in [-0.15, -0.1) is 0 Å². The molecule has 2 aliphatic rings. The fourth-order valence-corrected chi connectivity index (χ4v) is 3.94. The Kier molecular flexibility index (Phi) is 7.28. The first-order valence-electron chi connectivity index (χ1n) is 8.52. The van der Waals surface area contributed by atoms with E-state index in [0.29, 0.717) is 24.6 Å². The molecule has 2 atom stereocenters. The van der Waals surface area contributed by atoms with Crippen LogP contribution < -0.4 is 5.32 Å². The number of likely N-dealkylation sites (tertiary alicyclic amines) is 1. The summed E-state index contributed by atoms with van der Waals surface area (Å²) >= 11 is 0.